The number of pyridine rings is 1. The molecule has 1 saturated heterocycles. The predicted octanol–water partition coefficient (Wildman–Crippen LogP) is 6.83. The van der Waals surface area contributed by atoms with Crippen LogP contribution >= 0.6 is 11.6 Å². The smallest absolute Gasteiger partial charge is 0.410 e. The minimum Gasteiger partial charge on any atom is -0.493 e. The van der Waals surface area contributed by atoms with Crippen molar-refractivity contribution in [1.82, 2.24) is 9.88 Å². The molecule has 0 bridgehead atoms. The van der Waals surface area contributed by atoms with E-state index in [0.717, 1.165) is 35.3 Å². The maximum absolute atomic E-state index is 12.6. The molecule has 3 aromatic rings. The van der Waals surface area contributed by atoms with Crippen molar-refractivity contribution in [3.63, 3.8) is 0 Å². The molecule has 2 heterocycles. The molecular weight excluding hydrogens is 530 g/mol. The zero-order valence-corrected chi connectivity index (χ0v) is 24.8. The molecule has 1 fully saturated rings. The lowest BCUT2D eigenvalue weighted by Crippen LogP contribution is -2.48. The average molecular weight is 568 g/mol. The number of amides is 1. The lowest BCUT2D eigenvalue weighted by atomic mass is 10.0. The SMILES string of the molecule is COc1cc(-c2cc(CN(c3ccc(Cl)cc3)C3CCN(C(=O)OC(C)(C)C)CC3)ccn2)cc(OC)c1OC. The van der Waals surface area contributed by atoms with Crippen molar-refractivity contribution in [2.45, 2.75) is 51.8 Å². The van der Waals surface area contributed by atoms with Gasteiger partial charge in [0.2, 0.25) is 5.75 Å². The highest BCUT2D eigenvalue weighted by Crippen LogP contribution is 2.41. The summed E-state index contributed by atoms with van der Waals surface area (Å²) in [6.45, 7) is 7.61. The van der Waals surface area contributed by atoms with Crippen molar-refractivity contribution in [2.75, 3.05) is 39.3 Å². The van der Waals surface area contributed by atoms with Gasteiger partial charge in [-0.2, -0.15) is 0 Å². The molecule has 1 aliphatic rings. The summed E-state index contributed by atoms with van der Waals surface area (Å²) in [5, 5.41) is 0.692. The van der Waals surface area contributed by atoms with E-state index in [0.29, 0.717) is 41.9 Å². The summed E-state index contributed by atoms with van der Waals surface area (Å²) >= 11 is 6.21. The van der Waals surface area contributed by atoms with Crippen molar-refractivity contribution in [1.29, 1.82) is 0 Å². The first-order chi connectivity index (χ1) is 19.1. The molecular formula is C31H38ClN3O5. The Kier molecular flexibility index (Phi) is 9.30. The number of carbonyl (C=O) groups excluding carboxylic acids is 1. The first kappa shape index (κ1) is 29.3. The fourth-order valence-corrected chi connectivity index (χ4v) is 5.03. The van der Waals surface area contributed by atoms with E-state index < -0.39 is 5.60 Å². The van der Waals surface area contributed by atoms with Gasteiger partial charge < -0.3 is 28.7 Å². The normalized spacial score (nSPS) is 14.0. The third-order valence-electron chi connectivity index (χ3n) is 6.85. The van der Waals surface area contributed by atoms with Crippen LogP contribution in [0.15, 0.2) is 54.7 Å². The van der Waals surface area contributed by atoms with Crippen LogP contribution in [-0.2, 0) is 11.3 Å². The highest BCUT2D eigenvalue weighted by Gasteiger charge is 2.30. The fourth-order valence-electron chi connectivity index (χ4n) is 4.91. The van der Waals surface area contributed by atoms with Crippen LogP contribution in [0.1, 0.15) is 39.2 Å². The molecule has 0 aliphatic carbocycles. The zero-order valence-electron chi connectivity index (χ0n) is 24.1. The first-order valence-corrected chi connectivity index (χ1v) is 13.7. The lowest BCUT2D eigenvalue weighted by molar-refractivity contribution is 0.0204. The number of ether oxygens (including phenoxy) is 4. The minimum absolute atomic E-state index is 0.234. The number of rotatable bonds is 8. The lowest BCUT2D eigenvalue weighted by Gasteiger charge is -2.40. The molecule has 0 atom stereocenters. The Morgan fingerprint density at radius 2 is 1.60 bits per heavy atom. The second-order valence-electron chi connectivity index (χ2n) is 10.8. The first-order valence-electron chi connectivity index (χ1n) is 13.4. The van der Waals surface area contributed by atoms with Crippen molar-refractivity contribution in [3.8, 4) is 28.5 Å². The Hall–Kier alpha value is -3.65. The summed E-state index contributed by atoms with van der Waals surface area (Å²) in [4.78, 5) is 21.5. The zero-order chi connectivity index (χ0) is 28.9. The number of carbonyl (C=O) groups is 1. The van der Waals surface area contributed by atoms with Gasteiger partial charge in [-0.15, -0.1) is 0 Å². The van der Waals surface area contributed by atoms with Crippen LogP contribution in [0.5, 0.6) is 17.2 Å². The van der Waals surface area contributed by atoms with E-state index >= 15 is 0 Å². The van der Waals surface area contributed by atoms with Gasteiger partial charge >= 0.3 is 6.09 Å². The van der Waals surface area contributed by atoms with E-state index in [9.17, 15) is 4.79 Å². The Labute approximate surface area is 241 Å². The van der Waals surface area contributed by atoms with Crippen LogP contribution in [0.4, 0.5) is 10.5 Å². The van der Waals surface area contributed by atoms with E-state index in [-0.39, 0.29) is 12.1 Å². The Balaban J connectivity index is 1.59. The van der Waals surface area contributed by atoms with Crippen LogP contribution < -0.4 is 19.1 Å². The maximum Gasteiger partial charge on any atom is 0.410 e. The van der Waals surface area contributed by atoms with Crippen LogP contribution in [0.2, 0.25) is 5.02 Å². The van der Waals surface area contributed by atoms with Gasteiger partial charge in [-0.1, -0.05) is 11.6 Å². The summed E-state index contributed by atoms with van der Waals surface area (Å²) in [7, 11) is 4.79. The summed E-state index contributed by atoms with van der Waals surface area (Å²) in [6.07, 6.45) is 3.21. The number of anilines is 1. The maximum atomic E-state index is 12.6. The Morgan fingerprint density at radius 1 is 0.975 bits per heavy atom. The number of benzene rings is 2. The highest BCUT2D eigenvalue weighted by atomic mass is 35.5. The van der Waals surface area contributed by atoms with Crippen molar-refractivity contribution in [3.05, 3.63) is 65.3 Å². The molecule has 0 radical (unpaired) electrons. The second kappa shape index (κ2) is 12.7. The quantitative estimate of drug-likeness (QED) is 0.295. The van der Waals surface area contributed by atoms with Gasteiger partial charge in [0.05, 0.1) is 27.0 Å². The third kappa shape index (κ3) is 7.10. The van der Waals surface area contributed by atoms with Crippen molar-refractivity contribution >= 4 is 23.4 Å². The molecule has 1 aromatic heterocycles. The van der Waals surface area contributed by atoms with Gasteiger partial charge in [-0.05, 0) is 87.7 Å². The molecule has 1 amide bonds. The van der Waals surface area contributed by atoms with Gasteiger partial charge in [-0.3, -0.25) is 4.98 Å². The molecule has 0 spiro atoms. The predicted molar refractivity (Wildman–Crippen MR) is 158 cm³/mol. The molecule has 4 rings (SSSR count). The fraction of sp³-hybridized carbons (Fsp3) is 0.419. The standard InChI is InChI=1S/C31H38ClN3O5/c1-31(2,3)40-30(36)34-15-12-25(13-16-34)35(24-9-7-23(32)8-10-24)20-21-11-14-33-26(17-21)22-18-27(37-4)29(39-6)28(19-22)38-5/h7-11,14,17-19,25H,12-13,15-16,20H2,1-6H3. The summed E-state index contributed by atoms with van der Waals surface area (Å²) in [5.74, 6) is 1.68. The number of hydrogen-bond acceptors (Lipinski definition) is 7. The van der Waals surface area contributed by atoms with Crippen molar-refractivity contribution in [2.24, 2.45) is 0 Å². The van der Waals surface area contributed by atoms with Crippen LogP contribution in [0.25, 0.3) is 11.3 Å². The minimum atomic E-state index is -0.514. The molecule has 9 heteroatoms. The van der Waals surface area contributed by atoms with Crippen LogP contribution in [0.3, 0.4) is 0 Å². The highest BCUT2D eigenvalue weighted by molar-refractivity contribution is 6.30. The van der Waals surface area contributed by atoms with Crippen LogP contribution in [0, 0.1) is 0 Å². The molecule has 0 saturated carbocycles. The Bertz CT molecular complexity index is 1280. The van der Waals surface area contributed by atoms with E-state index in [1.54, 1.807) is 26.2 Å². The average Bonchev–Trinajstić information content (AvgIpc) is 2.95. The largest absolute Gasteiger partial charge is 0.493 e. The number of likely N-dealkylation sites (tertiary alicyclic amines) is 1. The number of piperidine rings is 1. The molecule has 2 aromatic carbocycles. The van der Waals surface area contributed by atoms with Crippen LogP contribution in [-0.4, -0.2) is 62.0 Å². The number of nitrogens with zero attached hydrogens (tertiary/aromatic N) is 3. The second-order valence-corrected chi connectivity index (χ2v) is 11.2. The van der Waals surface area contributed by atoms with Gasteiger partial charge in [0.1, 0.15) is 5.60 Å². The molecule has 0 N–H and O–H groups in total. The van der Waals surface area contributed by atoms with Gasteiger partial charge in [0.15, 0.2) is 11.5 Å². The van der Waals surface area contributed by atoms with E-state index in [1.807, 2.05) is 69.4 Å². The monoisotopic (exact) mass is 567 g/mol. The number of hydrogen-bond donors (Lipinski definition) is 0. The molecule has 8 nitrogen and oxygen atoms in total. The van der Waals surface area contributed by atoms with Crippen molar-refractivity contribution < 1.29 is 23.7 Å². The number of methoxy groups -OCH3 is 3. The summed E-state index contributed by atoms with van der Waals surface area (Å²) < 4.78 is 22.2. The summed E-state index contributed by atoms with van der Waals surface area (Å²) in [5.41, 5.74) is 3.32. The van der Waals surface area contributed by atoms with E-state index in [4.69, 9.17) is 30.5 Å². The van der Waals surface area contributed by atoms with Gasteiger partial charge in [0.25, 0.3) is 0 Å². The topological polar surface area (TPSA) is 73.4 Å². The molecule has 214 valence electrons. The van der Waals surface area contributed by atoms with E-state index in [1.165, 1.54) is 0 Å². The van der Waals surface area contributed by atoms with Gasteiger partial charge in [0, 0.05) is 48.1 Å². The summed E-state index contributed by atoms with van der Waals surface area (Å²) in [6, 6.07) is 16.1. The third-order valence-corrected chi connectivity index (χ3v) is 7.10. The molecule has 0 unspecified atom stereocenters. The number of aromatic nitrogens is 1. The molecule has 1 aliphatic heterocycles. The number of halogens is 1. The van der Waals surface area contributed by atoms with Gasteiger partial charge in [-0.25, -0.2) is 4.79 Å². The van der Waals surface area contributed by atoms with E-state index in [2.05, 4.69) is 16.0 Å². The molecule has 40 heavy (non-hydrogen) atoms. The Morgan fingerprint density at radius 3 is 2.15 bits per heavy atom.